The minimum absolute atomic E-state index is 0.755. The third-order valence-corrected chi connectivity index (χ3v) is 7.85. The molecular weight excluding hydrogens is 599 g/mol. The molecule has 0 aliphatic carbocycles. The van der Waals surface area contributed by atoms with Crippen molar-refractivity contribution in [1.82, 2.24) is 0 Å². The Morgan fingerprint density at radius 3 is 0.977 bits per heavy atom. The summed E-state index contributed by atoms with van der Waals surface area (Å²) in [6.07, 6.45) is 0. The van der Waals surface area contributed by atoms with Crippen LogP contribution in [0.2, 0.25) is 0 Å². The van der Waals surface area contributed by atoms with E-state index in [4.69, 9.17) is 7.85 Å². The number of halogens is 1. The van der Waals surface area contributed by atoms with Crippen LogP contribution in [0.1, 0.15) is 61.1 Å². The topological polar surface area (TPSA) is 6.48 Å². The molecule has 4 heteroatoms. The number of rotatable bonds is 6. The highest BCUT2D eigenvalue weighted by Crippen LogP contribution is 2.43. The van der Waals surface area contributed by atoms with Crippen LogP contribution < -0.4 is 15.3 Å². The molecule has 0 atom stereocenters. The van der Waals surface area contributed by atoms with Crippen molar-refractivity contribution in [2.24, 2.45) is 0 Å². The molecule has 0 fully saturated rings. The Hall–Kier alpha value is -3.76. The van der Waals surface area contributed by atoms with Crippen molar-refractivity contribution in [3.8, 4) is 0 Å². The lowest BCUT2D eigenvalue weighted by molar-refractivity contribution is 1.19. The Labute approximate surface area is 276 Å². The lowest BCUT2D eigenvalue weighted by Crippen LogP contribution is -2.15. The van der Waals surface area contributed by atoms with Gasteiger partial charge in [0, 0.05) is 27.2 Å². The van der Waals surface area contributed by atoms with Crippen molar-refractivity contribution in [2.45, 2.75) is 69.2 Å². The minimum atomic E-state index is 0.755. The van der Waals surface area contributed by atoms with E-state index in [2.05, 4.69) is 152 Å². The molecule has 0 bridgehead atoms. The Bertz CT molecular complexity index is 1480. The maximum atomic E-state index is 6.06. The molecule has 0 unspecified atom stereocenters. The highest BCUT2D eigenvalue weighted by atomic mass is 79.9. The van der Waals surface area contributed by atoms with Crippen molar-refractivity contribution in [1.29, 1.82) is 0 Å². The van der Waals surface area contributed by atoms with E-state index in [-0.39, 0.29) is 0 Å². The van der Waals surface area contributed by atoms with Crippen molar-refractivity contribution >= 4 is 63.4 Å². The van der Waals surface area contributed by atoms with Gasteiger partial charge in [0.2, 0.25) is 0 Å². The van der Waals surface area contributed by atoms with Crippen molar-refractivity contribution < 1.29 is 0 Å². The maximum Gasteiger partial charge on any atom is 0.113 e. The zero-order valence-corrected chi connectivity index (χ0v) is 29.7. The molecule has 0 heterocycles. The van der Waals surface area contributed by atoms with Crippen LogP contribution in [0.15, 0.2) is 102 Å². The van der Waals surface area contributed by atoms with Crippen LogP contribution in [0.4, 0.5) is 34.1 Å². The predicted octanol–water partition coefficient (Wildman–Crippen LogP) is 12.1. The summed E-state index contributed by atoms with van der Waals surface area (Å²) in [5.41, 5.74) is 15.1. The van der Waals surface area contributed by atoms with Crippen LogP contribution in [0.25, 0.3) is 0 Å². The summed E-state index contributed by atoms with van der Waals surface area (Å²) in [4.78, 5) is 4.69. The molecule has 0 aliphatic rings. The molecule has 44 heavy (non-hydrogen) atoms. The zero-order chi connectivity index (χ0) is 32.6. The quantitative estimate of drug-likeness (QED) is 0.170. The molecule has 5 rings (SSSR count). The monoisotopic (exact) mass is 644 g/mol. The average molecular weight is 646 g/mol. The van der Waals surface area contributed by atoms with Crippen LogP contribution in [0, 0.1) is 41.5 Å². The third kappa shape index (κ3) is 7.84. The van der Waals surface area contributed by atoms with Crippen LogP contribution in [-0.4, -0.2) is 7.85 Å². The normalized spacial score (nSPS) is 10.2. The molecule has 5 aromatic carbocycles. The Morgan fingerprint density at radius 1 is 0.432 bits per heavy atom. The lowest BCUT2D eigenvalue weighted by atomic mass is 9.95. The van der Waals surface area contributed by atoms with Gasteiger partial charge in [-0.15, -0.1) is 0 Å². The largest absolute Gasteiger partial charge is 0.310 e. The summed E-state index contributed by atoms with van der Waals surface area (Å²) in [7, 11) is 6.06. The molecule has 0 saturated heterocycles. The molecular formula is C40H46BBrN2. The van der Waals surface area contributed by atoms with Gasteiger partial charge < -0.3 is 9.80 Å². The molecule has 2 radical (unpaired) electrons. The fraction of sp³-hybridized carbons (Fsp3) is 0.250. The van der Waals surface area contributed by atoms with Gasteiger partial charge in [-0.05, 0) is 124 Å². The summed E-state index contributed by atoms with van der Waals surface area (Å²) in [6, 6.07) is 34.5. The van der Waals surface area contributed by atoms with Gasteiger partial charge in [0.05, 0.1) is 11.4 Å². The number of nitrogens with zero attached hydrogens (tertiary/aromatic N) is 2. The molecule has 0 amide bonds. The first-order chi connectivity index (χ1) is 21.1. The highest BCUT2D eigenvalue weighted by Gasteiger charge is 2.20. The second-order valence-electron chi connectivity index (χ2n) is 10.7. The Kier molecular flexibility index (Phi) is 12.5. The molecule has 2 nitrogen and oxygen atoms in total. The minimum Gasteiger partial charge on any atom is -0.310 e. The van der Waals surface area contributed by atoms with E-state index in [0.29, 0.717) is 0 Å². The van der Waals surface area contributed by atoms with Gasteiger partial charge in [0.15, 0.2) is 0 Å². The predicted molar refractivity (Wildman–Crippen MR) is 200 cm³/mol. The first kappa shape index (κ1) is 34.7. The van der Waals surface area contributed by atoms with Crippen molar-refractivity contribution in [2.75, 3.05) is 9.80 Å². The SMILES string of the molecule is CC.CC.[B]c1ccc(N(c2ccc(N(c3ccc(Br)cc3)c3c(C)cc(C)cc3C)cc2)c2c(C)cc(C)cc2C)cc1. The summed E-state index contributed by atoms with van der Waals surface area (Å²) >= 11 is 3.60. The van der Waals surface area contributed by atoms with Gasteiger partial charge in [-0.1, -0.05) is 96.6 Å². The van der Waals surface area contributed by atoms with Crippen LogP contribution >= 0.6 is 15.9 Å². The van der Waals surface area contributed by atoms with E-state index in [1.807, 2.05) is 39.8 Å². The number of aryl methyl sites for hydroxylation is 6. The molecule has 5 aromatic rings. The average Bonchev–Trinajstić information content (AvgIpc) is 3.00. The van der Waals surface area contributed by atoms with E-state index >= 15 is 0 Å². The summed E-state index contributed by atoms with van der Waals surface area (Å²) in [5.74, 6) is 0. The smallest absolute Gasteiger partial charge is 0.113 e. The van der Waals surface area contributed by atoms with Crippen LogP contribution in [-0.2, 0) is 0 Å². The second kappa shape index (κ2) is 15.8. The molecule has 0 aliphatic heterocycles. The van der Waals surface area contributed by atoms with E-state index < -0.39 is 0 Å². The number of anilines is 6. The van der Waals surface area contributed by atoms with Gasteiger partial charge in [-0.3, -0.25) is 0 Å². The standard InChI is InChI=1S/C36H34BBrN2.2C2H6/c1-23-19-25(3)35(26(4)20-23)39(31-11-7-29(37)8-12-31)33-15-17-34(18-16-33)40(32-13-9-30(38)10-14-32)36-27(5)21-24(2)22-28(36)6;2*1-2/h7-22H,1-6H3;2*1-2H3. The maximum absolute atomic E-state index is 6.06. The van der Waals surface area contributed by atoms with E-state index in [9.17, 15) is 0 Å². The van der Waals surface area contributed by atoms with Crippen molar-refractivity contribution in [3.05, 3.63) is 135 Å². The van der Waals surface area contributed by atoms with E-state index in [1.54, 1.807) is 0 Å². The zero-order valence-electron chi connectivity index (χ0n) is 28.1. The molecule has 226 valence electrons. The van der Waals surface area contributed by atoms with Crippen LogP contribution in [0.3, 0.4) is 0 Å². The molecule has 0 N–H and O–H groups in total. The van der Waals surface area contributed by atoms with E-state index in [0.717, 1.165) is 32.7 Å². The molecule has 0 spiro atoms. The van der Waals surface area contributed by atoms with Gasteiger partial charge in [-0.25, -0.2) is 0 Å². The number of hydrogen-bond acceptors (Lipinski definition) is 2. The highest BCUT2D eigenvalue weighted by molar-refractivity contribution is 9.10. The summed E-state index contributed by atoms with van der Waals surface area (Å²) in [6.45, 7) is 21.1. The fourth-order valence-corrected chi connectivity index (χ4v) is 6.09. The lowest BCUT2D eigenvalue weighted by Gasteiger charge is -2.31. The fourth-order valence-electron chi connectivity index (χ4n) is 5.83. The van der Waals surface area contributed by atoms with Crippen molar-refractivity contribution in [3.63, 3.8) is 0 Å². The Balaban J connectivity index is 0.00000127. The van der Waals surface area contributed by atoms with Gasteiger partial charge >= 0.3 is 0 Å². The van der Waals surface area contributed by atoms with Gasteiger partial charge in [0.1, 0.15) is 7.85 Å². The van der Waals surface area contributed by atoms with Crippen LogP contribution in [0.5, 0.6) is 0 Å². The third-order valence-electron chi connectivity index (χ3n) is 7.32. The van der Waals surface area contributed by atoms with Gasteiger partial charge in [-0.2, -0.15) is 0 Å². The summed E-state index contributed by atoms with van der Waals surface area (Å²) in [5, 5.41) is 0. The first-order valence-electron chi connectivity index (χ1n) is 15.6. The first-order valence-corrected chi connectivity index (χ1v) is 16.4. The molecule has 0 saturated carbocycles. The Morgan fingerprint density at radius 2 is 0.682 bits per heavy atom. The van der Waals surface area contributed by atoms with Gasteiger partial charge in [0.25, 0.3) is 0 Å². The number of hydrogen-bond donors (Lipinski definition) is 0. The molecule has 0 aromatic heterocycles. The number of benzene rings is 5. The van der Waals surface area contributed by atoms with E-state index in [1.165, 1.54) is 44.8 Å². The summed E-state index contributed by atoms with van der Waals surface area (Å²) < 4.78 is 1.06. The second-order valence-corrected chi connectivity index (χ2v) is 11.7.